The van der Waals surface area contributed by atoms with Gasteiger partial charge in [-0.1, -0.05) is 55.4 Å². The van der Waals surface area contributed by atoms with Gasteiger partial charge in [0.05, 0.1) is 11.8 Å². The van der Waals surface area contributed by atoms with Crippen molar-refractivity contribution in [2.45, 2.75) is 50.2 Å². The summed E-state index contributed by atoms with van der Waals surface area (Å²) in [5, 5.41) is 12.6. The first-order valence-corrected chi connectivity index (χ1v) is 12.9. The van der Waals surface area contributed by atoms with E-state index < -0.39 is 0 Å². The van der Waals surface area contributed by atoms with E-state index in [-0.39, 0.29) is 29.4 Å². The Bertz CT molecular complexity index is 1070. The number of thioether (sulfide) groups is 1. The lowest BCUT2D eigenvalue weighted by atomic mass is 10.0. The minimum absolute atomic E-state index is 0.0490. The summed E-state index contributed by atoms with van der Waals surface area (Å²) in [7, 11) is 0. The summed E-state index contributed by atoms with van der Waals surface area (Å²) in [4.78, 5) is 15.0. The second kappa shape index (κ2) is 11.6. The minimum Gasteiger partial charge on any atom is -0.355 e. The monoisotopic (exact) mass is 481 g/mol. The molecule has 0 saturated carbocycles. The van der Waals surface area contributed by atoms with Crippen LogP contribution in [-0.2, 0) is 4.79 Å². The van der Waals surface area contributed by atoms with E-state index in [0.717, 1.165) is 24.6 Å². The number of amides is 1. The van der Waals surface area contributed by atoms with Gasteiger partial charge in [-0.25, -0.2) is 4.39 Å². The van der Waals surface area contributed by atoms with Crippen LogP contribution < -0.4 is 5.32 Å². The van der Waals surface area contributed by atoms with Gasteiger partial charge in [-0.2, -0.15) is 0 Å². The van der Waals surface area contributed by atoms with Crippen LogP contribution in [0, 0.1) is 5.82 Å². The van der Waals surface area contributed by atoms with E-state index >= 15 is 0 Å². The SMILES string of the molecule is CC(CNC(=O)CSc1nnc(C(C)N2CCCCC2)n1-c1ccc(F)cc1)c1ccccc1. The normalized spacial score (nSPS) is 16.2. The third-order valence-electron chi connectivity index (χ3n) is 6.36. The quantitative estimate of drug-likeness (QED) is 0.438. The smallest absolute Gasteiger partial charge is 0.230 e. The van der Waals surface area contributed by atoms with Crippen LogP contribution in [0.2, 0.25) is 0 Å². The molecule has 180 valence electrons. The van der Waals surface area contributed by atoms with Crippen LogP contribution in [0.4, 0.5) is 4.39 Å². The van der Waals surface area contributed by atoms with Crippen LogP contribution in [0.1, 0.15) is 56.5 Å². The molecule has 0 spiro atoms. The average molecular weight is 482 g/mol. The Morgan fingerprint density at radius 2 is 1.74 bits per heavy atom. The predicted octanol–water partition coefficient (Wildman–Crippen LogP) is 4.97. The standard InChI is InChI=1S/C26H32FN5OS/c1-19(21-9-5-3-6-10-21)17-28-24(33)18-34-26-30-29-25(20(2)31-15-7-4-8-16-31)32(26)23-13-11-22(27)12-14-23/h3,5-6,9-14,19-20H,4,7-8,15-18H2,1-2H3,(H,28,33). The van der Waals surface area contributed by atoms with E-state index in [1.165, 1.54) is 48.7 Å². The molecule has 2 heterocycles. The molecule has 1 amide bonds. The van der Waals surface area contributed by atoms with E-state index in [1.54, 1.807) is 12.1 Å². The molecule has 34 heavy (non-hydrogen) atoms. The molecule has 3 aromatic rings. The van der Waals surface area contributed by atoms with E-state index in [1.807, 2.05) is 22.8 Å². The van der Waals surface area contributed by atoms with Crippen molar-refractivity contribution in [1.29, 1.82) is 0 Å². The van der Waals surface area contributed by atoms with Crippen LogP contribution in [-0.4, -0.2) is 51.0 Å². The Labute approximate surface area is 205 Å². The molecule has 1 N–H and O–H groups in total. The van der Waals surface area contributed by atoms with Crippen LogP contribution in [0.3, 0.4) is 0 Å². The van der Waals surface area contributed by atoms with Gasteiger partial charge in [0.15, 0.2) is 11.0 Å². The fraction of sp³-hybridized carbons (Fsp3) is 0.423. The van der Waals surface area contributed by atoms with Crippen molar-refractivity contribution in [3.8, 4) is 5.69 Å². The highest BCUT2D eigenvalue weighted by Gasteiger charge is 2.26. The summed E-state index contributed by atoms with van der Waals surface area (Å²) in [5.74, 6) is 0.943. The van der Waals surface area contributed by atoms with Gasteiger partial charge in [-0.15, -0.1) is 10.2 Å². The maximum atomic E-state index is 13.6. The molecule has 6 nitrogen and oxygen atoms in total. The third kappa shape index (κ3) is 6.04. The van der Waals surface area contributed by atoms with Crippen molar-refractivity contribution in [1.82, 2.24) is 25.0 Å². The van der Waals surface area contributed by atoms with Crippen molar-refractivity contribution in [3.63, 3.8) is 0 Å². The second-order valence-corrected chi connectivity index (χ2v) is 9.77. The van der Waals surface area contributed by atoms with Crippen molar-refractivity contribution < 1.29 is 9.18 Å². The Morgan fingerprint density at radius 3 is 2.44 bits per heavy atom. The average Bonchev–Trinajstić information content (AvgIpc) is 3.31. The molecular weight excluding hydrogens is 449 g/mol. The molecular formula is C26H32FN5OS. The molecule has 1 aromatic heterocycles. The summed E-state index contributed by atoms with van der Waals surface area (Å²) >= 11 is 1.35. The lowest BCUT2D eigenvalue weighted by Gasteiger charge is -2.31. The Hall–Kier alpha value is -2.71. The van der Waals surface area contributed by atoms with Crippen molar-refractivity contribution in [2.75, 3.05) is 25.4 Å². The van der Waals surface area contributed by atoms with Gasteiger partial charge >= 0.3 is 0 Å². The first kappa shape index (κ1) is 24.4. The van der Waals surface area contributed by atoms with E-state index in [9.17, 15) is 9.18 Å². The molecule has 1 aliphatic rings. The number of benzene rings is 2. The van der Waals surface area contributed by atoms with Gasteiger partial charge in [0.1, 0.15) is 5.82 Å². The summed E-state index contributed by atoms with van der Waals surface area (Å²) in [5.41, 5.74) is 1.99. The number of hydrogen-bond donors (Lipinski definition) is 1. The highest BCUT2D eigenvalue weighted by atomic mass is 32.2. The molecule has 2 atom stereocenters. The largest absolute Gasteiger partial charge is 0.355 e. The molecule has 1 aliphatic heterocycles. The predicted molar refractivity (Wildman–Crippen MR) is 134 cm³/mol. The number of aromatic nitrogens is 3. The number of nitrogens with zero attached hydrogens (tertiary/aromatic N) is 4. The summed E-state index contributed by atoms with van der Waals surface area (Å²) in [6.45, 7) is 6.87. The second-order valence-electron chi connectivity index (χ2n) is 8.83. The molecule has 1 saturated heterocycles. The number of carbonyl (C=O) groups excluding carboxylic acids is 1. The van der Waals surface area contributed by atoms with E-state index in [0.29, 0.717) is 11.7 Å². The van der Waals surface area contributed by atoms with Gasteiger partial charge in [0, 0.05) is 12.2 Å². The number of nitrogens with one attached hydrogen (secondary N) is 1. The summed E-state index contributed by atoms with van der Waals surface area (Å²) in [6, 6.07) is 16.6. The first-order valence-electron chi connectivity index (χ1n) is 11.9. The zero-order valence-electron chi connectivity index (χ0n) is 19.8. The first-order chi connectivity index (χ1) is 16.5. The Morgan fingerprint density at radius 1 is 1.03 bits per heavy atom. The molecule has 4 rings (SSSR count). The minimum atomic E-state index is -0.288. The number of rotatable bonds is 9. The van der Waals surface area contributed by atoms with Gasteiger partial charge in [-0.3, -0.25) is 14.3 Å². The van der Waals surface area contributed by atoms with Gasteiger partial charge in [0.25, 0.3) is 0 Å². The van der Waals surface area contributed by atoms with Crippen LogP contribution >= 0.6 is 11.8 Å². The van der Waals surface area contributed by atoms with Crippen LogP contribution in [0.25, 0.3) is 5.69 Å². The lowest BCUT2D eigenvalue weighted by molar-refractivity contribution is -0.118. The van der Waals surface area contributed by atoms with Crippen molar-refractivity contribution in [2.24, 2.45) is 0 Å². The molecule has 0 radical (unpaired) electrons. The molecule has 8 heteroatoms. The number of carbonyl (C=O) groups is 1. The Kier molecular flexibility index (Phi) is 8.34. The van der Waals surface area contributed by atoms with Gasteiger partial charge in [-0.05, 0) is 68.6 Å². The van der Waals surface area contributed by atoms with E-state index in [2.05, 4.69) is 46.4 Å². The molecule has 2 unspecified atom stereocenters. The molecule has 2 aromatic carbocycles. The summed E-state index contributed by atoms with van der Waals surface area (Å²) in [6.07, 6.45) is 3.61. The number of piperidine rings is 1. The van der Waals surface area contributed by atoms with Gasteiger partial charge in [0.2, 0.25) is 5.91 Å². The number of hydrogen-bond acceptors (Lipinski definition) is 5. The highest BCUT2D eigenvalue weighted by Crippen LogP contribution is 2.29. The maximum Gasteiger partial charge on any atom is 0.230 e. The van der Waals surface area contributed by atoms with Crippen LogP contribution in [0.15, 0.2) is 59.8 Å². The third-order valence-corrected chi connectivity index (χ3v) is 7.29. The fourth-order valence-electron chi connectivity index (χ4n) is 4.29. The fourth-order valence-corrected chi connectivity index (χ4v) is 5.08. The lowest BCUT2D eigenvalue weighted by Crippen LogP contribution is -2.33. The number of likely N-dealkylation sites (tertiary alicyclic amines) is 1. The number of halogens is 1. The zero-order valence-corrected chi connectivity index (χ0v) is 20.6. The van der Waals surface area contributed by atoms with Gasteiger partial charge < -0.3 is 5.32 Å². The molecule has 0 aliphatic carbocycles. The van der Waals surface area contributed by atoms with Crippen LogP contribution in [0.5, 0.6) is 0 Å². The maximum absolute atomic E-state index is 13.6. The van der Waals surface area contributed by atoms with E-state index in [4.69, 9.17) is 0 Å². The molecule has 1 fully saturated rings. The highest BCUT2D eigenvalue weighted by molar-refractivity contribution is 7.99. The Balaban J connectivity index is 1.46. The molecule has 0 bridgehead atoms. The summed E-state index contributed by atoms with van der Waals surface area (Å²) < 4.78 is 15.6. The zero-order chi connectivity index (χ0) is 23.9. The van der Waals surface area contributed by atoms with Crippen molar-refractivity contribution >= 4 is 17.7 Å². The topological polar surface area (TPSA) is 63.1 Å². The van der Waals surface area contributed by atoms with Crippen molar-refractivity contribution in [3.05, 3.63) is 71.8 Å².